The minimum atomic E-state index is -0.625. The van der Waals surface area contributed by atoms with Crippen molar-refractivity contribution in [3.05, 3.63) is 130 Å². The second kappa shape index (κ2) is 17.1. The van der Waals surface area contributed by atoms with E-state index in [0.29, 0.717) is 47.7 Å². The van der Waals surface area contributed by atoms with Gasteiger partial charge in [-0.15, -0.1) is 23.1 Å². The molecule has 1 atom stereocenters. The number of nitriles is 1. The van der Waals surface area contributed by atoms with Crippen LogP contribution in [0.5, 0.6) is 0 Å². The van der Waals surface area contributed by atoms with Gasteiger partial charge < -0.3 is 25.6 Å². The molecule has 3 N–H and O–H groups in total. The van der Waals surface area contributed by atoms with Crippen molar-refractivity contribution in [2.45, 2.75) is 62.8 Å². The maximum Gasteiger partial charge on any atom is 0.410 e. The van der Waals surface area contributed by atoms with Crippen molar-refractivity contribution in [2.75, 3.05) is 17.2 Å². The summed E-state index contributed by atoms with van der Waals surface area (Å²) in [7, 11) is 0. The molecule has 0 aliphatic carbocycles. The van der Waals surface area contributed by atoms with Crippen molar-refractivity contribution < 1.29 is 23.9 Å². The summed E-state index contributed by atoms with van der Waals surface area (Å²) < 4.78 is 5.55. The molecule has 2 heterocycles. The Morgan fingerprint density at radius 2 is 1.69 bits per heavy atom. The normalized spacial score (nSPS) is 13.3. The zero-order valence-electron chi connectivity index (χ0n) is 31.0. The van der Waals surface area contributed by atoms with Gasteiger partial charge in [-0.25, -0.2) is 4.79 Å². The number of nitrogens with zero attached hydrogens (tertiary/aromatic N) is 2. The van der Waals surface area contributed by atoms with E-state index in [4.69, 9.17) is 4.74 Å². The van der Waals surface area contributed by atoms with Crippen LogP contribution in [-0.4, -0.2) is 46.1 Å². The minimum Gasteiger partial charge on any atom is -0.444 e. The third kappa shape index (κ3) is 9.62. The Kier molecular flexibility index (Phi) is 12.0. The summed E-state index contributed by atoms with van der Waals surface area (Å²) in [6.07, 6.45) is 2.24. The van der Waals surface area contributed by atoms with Crippen LogP contribution in [0.15, 0.2) is 108 Å². The molecule has 1 aliphatic rings. The van der Waals surface area contributed by atoms with Crippen LogP contribution in [0.2, 0.25) is 0 Å². The Bertz CT molecular complexity index is 2320. The molecule has 0 radical (unpaired) electrons. The summed E-state index contributed by atoms with van der Waals surface area (Å²) in [4.78, 5) is 56.7. The third-order valence-electron chi connectivity index (χ3n) is 8.74. The van der Waals surface area contributed by atoms with Crippen molar-refractivity contribution in [3.63, 3.8) is 0 Å². The number of anilines is 2. The molecule has 12 heteroatoms. The van der Waals surface area contributed by atoms with Crippen LogP contribution < -0.4 is 16.0 Å². The molecule has 0 saturated heterocycles. The van der Waals surface area contributed by atoms with Crippen molar-refractivity contribution in [1.29, 1.82) is 5.26 Å². The van der Waals surface area contributed by atoms with Crippen LogP contribution in [0.25, 0.3) is 16.8 Å². The first-order valence-corrected chi connectivity index (χ1v) is 19.6. The summed E-state index contributed by atoms with van der Waals surface area (Å²) in [5, 5.41) is 20.6. The minimum absolute atomic E-state index is 0.0650. The number of thiophene rings is 1. The first-order valence-electron chi connectivity index (χ1n) is 17.9. The van der Waals surface area contributed by atoms with Crippen LogP contribution in [0.3, 0.4) is 0 Å². The molecule has 4 aromatic carbocycles. The van der Waals surface area contributed by atoms with Gasteiger partial charge in [-0.2, -0.15) is 5.26 Å². The van der Waals surface area contributed by atoms with E-state index >= 15 is 0 Å². The lowest BCUT2D eigenvalue weighted by atomic mass is 10.0. The van der Waals surface area contributed by atoms with Crippen molar-refractivity contribution in [1.82, 2.24) is 10.2 Å². The smallest absolute Gasteiger partial charge is 0.410 e. The highest BCUT2D eigenvalue weighted by Crippen LogP contribution is 2.38. The summed E-state index contributed by atoms with van der Waals surface area (Å²) in [6.45, 7) is 8.08. The zero-order valence-corrected chi connectivity index (χ0v) is 32.6. The fourth-order valence-corrected chi connectivity index (χ4v) is 8.32. The van der Waals surface area contributed by atoms with Gasteiger partial charge in [-0.05, 0) is 91.9 Å². The molecule has 1 aliphatic heterocycles. The lowest BCUT2D eigenvalue weighted by Gasteiger charge is -2.29. The molecule has 5 aromatic rings. The Balaban J connectivity index is 1.17. The van der Waals surface area contributed by atoms with Gasteiger partial charge in [0.05, 0.1) is 17.4 Å². The maximum atomic E-state index is 13.9. The summed E-state index contributed by atoms with van der Waals surface area (Å²) >= 11 is 2.65. The summed E-state index contributed by atoms with van der Waals surface area (Å²) in [5.41, 5.74) is 2.37. The highest BCUT2D eigenvalue weighted by Gasteiger charge is 2.31. The van der Waals surface area contributed by atoms with Crippen molar-refractivity contribution in [2.24, 2.45) is 0 Å². The lowest BCUT2D eigenvalue weighted by molar-refractivity contribution is -0.116. The van der Waals surface area contributed by atoms with E-state index in [0.717, 1.165) is 31.7 Å². The molecule has 6 rings (SSSR count). The number of fused-ring (bicyclic) bond motifs is 2. The zero-order chi connectivity index (χ0) is 39.1. The number of hydrogen-bond donors (Lipinski definition) is 3. The van der Waals surface area contributed by atoms with Gasteiger partial charge in [0.1, 0.15) is 22.4 Å². The van der Waals surface area contributed by atoms with Gasteiger partial charge in [0, 0.05) is 27.6 Å². The molecule has 55 heavy (non-hydrogen) atoms. The third-order valence-corrected chi connectivity index (χ3v) is 11.2. The molecule has 10 nitrogen and oxygen atoms in total. The SMILES string of the molecule is CCC(Sc1cccc(NC(=O)/C(=C\c2cccc3ccccc23)NC(=O)c2ccccc2)c1)C(=O)Nc1sc2c(c1C#N)CCN(C(=O)OC(C)(C)C)C2. The van der Waals surface area contributed by atoms with Crippen molar-refractivity contribution >= 4 is 74.5 Å². The average Bonchev–Trinajstić information content (AvgIpc) is 3.52. The molecule has 0 fully saturated rings. The maximum absolute atomic E-state index is 13.9. The van der Waals surface area contributed by atoms with E-state index in [2.05, 4.69) is 22.0 Å². The fraction of sp³-hybridized carbons (Fsp3) is 0.233. The van der Waals surface area contributed by atoms with Crippen LogP contribution in [-0.2, 0) is 27.3 Å². The van der Waals surface area contributed by atoms with Crippen molar-refractivity contribution in [3.8, 4) is 6.07 Å². The molecule has 1 unspecified atom stereocenters. The van der Waals surface area contributed by atoms with E-state index in [1.54, 1.807) is 53.4 Å². The second-order valence-corrected chi connectivity index (χ2v) is 16.3. The number of hydrogen-bond acceptors (Lipinski definition) is 8. The molecular weight excluding hydrogens is 731 g/mol. The number of benzene rings is 4. The Hall–Kier alpha value is -5.90. The number of ether oxygens (including phenoxy) is 1. The molecular formula is C43H41N5O5S2. The number of thioether (sulfide) groups is 1. The van der Waals surface area contributed by atoms with E-state index in [1.807, 2.05) is 82.3 Å². The van der Waals surface area contributed by atoms with Crippen LogP contribution in [0.1, 0.15) is 66.0 Å². The molecule has 1 aromatic heterocycles. The highest BCUT2D eigenvalue weighted by molar-refractivity contribution is 8.00. The first kappa shape index (κ1) is 38.8. The van der Waals surface area contributed by atoms with E-state index < -0.39 is 28.8 Å². The monoisotopic (exact) mass is 771 g/mol. The van der Waals surface area contributed by atoms with E-state index in [-0.39, 0.29) is 11.6 Å². The van der Waals surface area contributed by atoms with Gasteiger partial charge in [0.25, 0.3) is 11.8 Å². The largest absolute Gasteiger partial charge is 0.444 e. The molecule has 0 bridgehead atoms. The van der Waals surface area contributed by atoms with Gasteiger partial charge in [-0.1, -0.05) is 73.7 Å². The average molecular weight is 772 g/mol. The number of carbonyl (C=O) groups is 4. The Morgan fingerprint density at radius 3 is 2.44 bits per heavy atom. The predicted molar refractivity (Wildman–Crippen MR) is 219 cm³/mol. The molecule has 4 amide bonds. The topological polar surface area (TPSA) is 141 Å². The van der Waals surface area contributed by atoms with Gasteiger partial charge in [0.2, 0.25) is 5.91 Å². The Labute approximate surface area is 328 Å². The summed E-state index contributed by atoms with van der Waals surface area (Å²) in [5.74, 6) is -1.19. The number of nitrogens with one attached hydrogen (secondary N) is 3. The van der Waals surface area contributed by atoms with Gasteiger partial charge in [-0.3, -0.25) is 14.4 Å². The fourth-order valence-electron chi connectivity index (χ4n) is 6.09. The van der Waals surface area contributed by atoms with E-state index in [1.165, 1.54) is 23.1 Å². The van der Waals surface area contributed by atoms with Crippen LogP contribution in [0, 0.1) is 11.3 Å². The molecule has 0 saturated carbocycles. The highest BCUT2D eigenvalue weighted by atomic mass is 32.2. The van der Waals surface area contributed by atoms with Gasteiger partial charge in [0.15, 0.2) is 0 Å². The van der Waals surface area contributed by atoms with Crippen LogP contribution in [0.4, 0.5) is 15.5 Å². The molecule has 280 valence electrons. The quantitative estimate of drug-likeness (QED) is 0.0951. The summed E-state index contributed by atoms with van der Waals surface area (Å²) in [6, 6.07) is 31.7. The standard InChI is InChI=1S/C43H41N5O5S2/c1-5-36(40(51)47-41-34(25-44)33-21-22-48(26-37(33)55-41)42(52)53-43(2,3)4)54-31-19-12-18-30(24-31)45-39(50)35(46-38(49)28-14-7-6-8-15-28)23-29-17-11-16-27-13-9-10-20-32(27)29/h6-20,23-24,36H,5,21-22,26H2,1-4H3,(H,45,50)(H,46,49)(H,47,51)/b35-23+. The number of amides is 4. The van der Waals surface area contributed by atoms with Crippen LogP contribution >= 0.6 is 23.1 Å². The van der Waals surface area contributed by atoms with E-state index in [9.17, 15) is 24.4 Å². The number of rotatable bonds is 10. The first-order chi connectivity index (χ1) is 26.4. The number of carbonyl (C=O) groups excluding carboxylic acids is 4. The molecule has 0 spiro atoms. The second-order valence-electron chi connectivity index (χ2n) is 13.9. The predicted octanol–water partition coefficient (Wildman–Crippen LogP) is 8.99. The Morgan fingerprint density at radius 1 is 0.964 bits per heavy atom. The lowest BCUT2D eigenvalue weighted by Crippen LogP contribution is -2.39. The van der Waals surface area contributed by atoms with Gasteiger partial charge >= 0.3 is 6.09 Å².